The van der Waals surface area contributed by atoms with Crippen molar-refractivity contribution >= 4 is 11.9 Å². The molecule has 1 aliphatic heterocycles. The Bertz CT molecular complexity index is 408. The first kappa shape index (κ1) is 12.6. The molecular weight excluding hydrogens is 234 g/mol. The van der Waals surface area contributed by atoms with Crippen LogP contribution >= 0.6 is 0 Å². The molecule has 6 nitrogen and oxygen atoms in total. The normalized spacial score (nSPS) is 16.8. The molecule has 1 saturated heterocycles. The molecule has 0 unspecified atom stereocenters. The van der Waals surface area contributed by atoms with Crippen molar-refractivity contribution in [1.29, 1.82) is 0 Å². The Kier molecular flexibility index (Phi) is 3.96. The third-order valence-electron chi connectivity index (χ3n) is 3.27. The Morgan fingerprint density at radius 2 is 2.00 bits per heavy atom. The molecule has 0 radical (unpaired) electrons. The molecule has 18 heavy (non-hydrogen) atoms. The van der Waals surface area contributed by atoms with Crippen LogP contribution in [0, 0.1) is 0 Å². The number of carbonyl (C=O) groups is 2. The van der Waals surface area contributed by atoms with E-state index in [0.717, 1.165) is 12.8 Å². The zero-order chi connectivity index (χ0) is 13.0. The van der Waals surface area contributed by atoms with Crippen LogP contribution in [0.4, 0.5) is 0 Å². The van der Waals surface area contributed by atoms with Crippen LogP contribution in [0.5, 0.6) is 0 Å². The van der Waals surface area contributed by atoms with Gasteiger partial charge in [-0.05, 0) is 18.9 Å². The van der Waals surface area contributed by atoms with Crippen LogP contribution in [0.1, 0.15) is 31.7 Å². The summed E-state index contributed by atoms with van der Waals surface area (Å²) >= 11 is 0. The number of nitrogens with zero attached hydrogens (tertiary/aromatic N) is 3. The van der Waals surface area contributed by atoms with Crippen molar-refractivity contribution in [3.05, 3.63) is 18.5 Å². The molecule has 0 aliphatic carbocycles. The molecule has 0 atom stereocenters. The first-order chi connectivity index (χ1) is 8.66. The van der Waals surface area contributed by atoms with Gasteiger partial charge in [-0.3, -0.25) is 14.3 Å². The highest BCUT2D eigenvalue weighted by Gasteiger charge is 2.23. The number of hydrogen-bond acceptors (Lipinski definition) is 3. The molecule has 1 aliphatic rings. The van der Waals surface area contributed by atoms with E-state index in [1.54, 1.807) is 11.1 Å². The lowest BCUT2D eigenvalue weighted by Gasteiger charge is -2.32. The molecule has 0 spiro atoms. The molecule has 1 N–H and O–H groups in total. The summed E-state index contributed by atoms with van der Waals surface area (Å²) in [6.07, 6.45) is 5.46. The van der Waals surface area contributed by atoms with Gasteiger partial charge in [0.15, 0.2) is 0 Å². The third kappa shape index (κ3) is 3.09. The maximum atomic E-state index is 11.7. The lowest BCUT2D eigenvalue weighted by atomic mass is 10.0. The van der Waals surface area contributed by atoms with Gasteiger partial charge < -0.3 is 10.0 Å². The Balaban J connectivity index is 1.79. The lowest BCUT2D eigenvalue weighted by Crippen LogP contribution is -2.39. The van der Waals surface area contributed by atoms with E-state index in [2.05, 4.69) is 5.10 Å². The number of aromatic nitrogens is 2. The number of amides is 1. The van der Waals surface area contributed by atoms with Crippen molar-refractivity contribution in [2.75, 3.05) is 13.1 Å². The largest absolute Gasteiger partial charge is 0.481 e. The molecule has 1 amide bonds. The van der Waals surface area contributed by atoms with Crippen LogP contribution in [-0.4, -0.2) is 44.8 Å². The summed E-state index contributed by atoms with van der Waals surface area (Å²) in [6.45, 7) is 1.37. The number of hydrogen-bond donors (Lipinski definition) is 1. The highest BCUT2D eigenvalue weighted by Crippen LogP contribution is 2.21. The molecule has 1 aromatic heterocycles. The summed E-state index contributed by atoms with van der Waals surface area (Å²) in [7, 11) is 0. The van der Waals surface area contributed by atoms with Crippen molar-refractivity contribution in [3.63, 3.8) is 0 Å². The highest BCUT2D eigenvalue weighted by molar-refractivity contribution is 5.80. The summed E-state index contributed by atoms with van der Waals surface area (Å²) in [5, 5.41) is 12.8. The van der Waals surface area contributed by atoms with Gasteiger partial charge in [0.2, 0.25) is 5.91 Å². The van der Waals surface area contributed by atoms with E-state index >= 15 is 0 Å². The summed E-state index contributed by atoms with van der Waals surface area (Å²) < 4.78 is 1.93. The minimum atomic E-state index is -0.922. The summed E-state index contributed by atoms with van der Waals surface area (Å²) in [4.78, 5) is 23.9. The Morgan fingerprint density at radius 3 is 2.56 bits per heavy atom. The number of carbonyl (C=O) groups excluding carboxylic acids is 1. The standard InChI is InChI=1S/C12H17N3O3/c16-11(2-3-12(17)18)14-8-4-10(5-9-14)15-7-1-6-13-15/h1,6-7,10H,2-5,8-9H2,(H,17,18). The average molecular weight is 251 g/mol. The van der Waals surface area contributed by atoms with Gasteiger partial charge in [-0.2, -0.15) is 5.10 Å². The maximum absolute atomic E-state index is 11.7. The van der Waals surface area contributed by atoms with E-state index < -0.39 is 5.97 Å². The minimum Gasteiger partial charge on any atom is -0.481 e. The van der Waals surface area contributed by atoms with Crippen molar-refractivity contribution in [3.8, 4) is 0 Å². The molecule has 1 aromatic rings. The van der Waals surface area contributed by atoms with E-state index in [-0.39, 0.29) is 18.7 Å². The fourth-order valence-electron chi connectivity index (χ4n) is 2.25. The number of piperidine rings is 1. The van der Waals surface area contributed by atoms with Crippen LogP contribution in [0.2, 0.25) is 0 Å². The first-order valence-electron chi connectivity index (χ1n) is 6.15. The maximum Gasteiger partial charge on any atom is 0.303 e. The minimum absolute atomic E-state index is 0.0590. The topological polar surface area (TPSA) is 75.4 Å². The van der Waals surface area contributed by atoms with E-state index in [4.69, 9.17) is 5.11 Å². The van der Waals surface area contributed by atoms with Gasteiger partial charge in [0, 0.05) is 31.9 Å². The molecule has 1 fully saturated rings. The molecule has 2 rings (SSSR count). The van der Waals surface area contributed by atoms with E-state index in [9.17, 15) is 9.59 Å². The summed E-state index contributed by atoms with van der Waals surface area (Å²) in [5.41, 5.74) is 0. The number of likely N-dealkylation sites (tertiary alicyclic amines) is 1. The van der Waals surface area contributed by atoms with E-state index in [1.807, 2.05) is 16.9 Å². The molecular formula is C12H17N3O3. The molecule has 6 heteroatoms. The quantitative estimate of drug-likeness (QED) is 0.863. The van der Waals surface area contributed by atoms with Crippen LogP contribution in [0.3, 0.4) is 0 Å². The predicted octanol–water partition coefficient (Wildman–Crippen LogP) is 0.911. The predicted molar refractivity (Wildman–Crippen MR) is 63.9 cm³/mol. The molecule has 0 bridgehead atoms. The smallest absolute Gasteiger partial charge is 0.303 e. The third-order valence-corrected chi connectivity index (χ3v) is 3.27. The van der Waals surface area contributed by atoms with Crippen LogP contribution in [0.25, 0.3) is 0 Å². The van der Waals surface area contributed by atoms with Crippen LogP contribution in [0.15, 0.2) is 18.5 Å². The second kappa shape index (κ2) is 5.66. The van der Waals surface area contributed by atoms with Gasteiger partial charge >= 0.3 is 5.97 Å². The van der Waals surface area contributed by atoms with E-state index in [0.29, 0.717) is 19.1 Å². The number of carboxylic acid groups (broad SMARTS) is 1. The van der Waals surface area contributed by atoms with Gasteiger partial charge in [-0.15, -0.1) is 0 Å². The SMILES string of the molecule is O=C(O)CCC(=O)N1CCC(n2cccn2)CC1. The van der Waals surface area contributed by atoms with E-state index in [1.165, 1.54) is 0 Å². The van der Waals surface area contributed by atoms with Gasteiger partial charge in [0.25, 0.3) is 0 Å². The van der Waals surface area contributed by atoms with Gasteiger partial charge in [0.1, 0.15) is 0 Å². The Hall–Kier alpha value is -1.85. The highest BCUT2D eigenvalue weighted by atomic mass is 16.4. The lowest BCUT2D eigenvalue weighted by molar-refractivity contribution is -0.141. The van der Waals surface area contributed by atoms with Crippen molar-refractivity contribution in [2.45, 2.75) is 31.7 Å². The molecule has 0 saturated carbocycles. The summed E-state index contributed by atoms with van der Waals surface area (Å²) in [5.74, 6) is -0.980. The Morgan fingerprint density at radius 1 is 1.28 bits per heavy atom. The number of rotatable bonds is 4. The fraction of sp³-hybridized carbons (Fsp3) is 0.583. The second-order valence-corrected chi connectivity index (χ2v) is 4.49. The zero-order valence-electron chi connectivity index (χ0n) is 10.2. The average Bonchev–Trinajstić information content (AvgIpc) is 2.90. The van der Waals surface area contributed by atoms with Gasteiger partial charge in [0.05, 0.1) is 12.5 Å². The monoisotopic (exact) mass is 251 g/mol. The first-order valence-corrected chi connectivity index (χ1v) is 6.15. The molecule has 98 valence electrons. The van der Waals surface area contributed by atoms with Crippen LogP contribution in [-0.2, 0) is 9.59 Å². The van der Waals surface area contributed by atoms with Crippen molar-refractivity contribution in [1.82, 2.24) is 14.7 Å². The molecule has 0 aromatic carbocycles. The van der Waals surface area contributed by atoms with Crippen molar-refractivity contribution < 1.29 is 14.7 Å². The van der Waals surface area contributed by atoms with Crippen molar-refractivity contribution in [2.24, 2.45) is 0 Å². The second-order valence-electron chi connectivity index (χ2n) is 4.49. The number of aliphatic carboxylic acids is 1. The number of carboxylic acids is 1. The fourth-order valence-corrected chi connectivity index (χ4v) is 2.25. The van der Waals surface area contributed by atoms with Crippen LogP contribution < -0.4 is 0 Å². The molecule has 2 heterocycles. The van der Waals surface area contributed by atoms with Gasteiger partial charge in [-0.1, -0.05) is 0 Å². The van der Waals surface area contributed by atoms with Gasteiger partial charge in [-0.25, -0.2) is 0 Å². The Labute approximate surface area is 105 Å². The summed E-state index contributed by atoms with van der Waals surface area (Å²) in [6, 6.07) is 2.24. The zero-order valence-corrected chi connectivity index (χ0v) is 10.2.